The van der Waals surface area contributed by atoms with Crippen molar-refractivity contribution in [2.24, 2.45) is 0 Å². The zero-order valence-electron chi connectivity index (χ0n) is 15.2. The van der Waals surface area contributed by atoms with Gasteiger partial charge in [0.05, 0.1) is 18.3 Å². The first-order valence-corrected chi connectivity index (χ1v) is 9.31. The van der Waals surface area contributed by atoms with Crippen molar-refractivity contribution >= 4 is 28.3 Å². The van der Waals surface area contributed by atoms with Crippen LogP contribution < -0.4 is 5.32 Å². The lowest BCUT2D eigenvalue weighted by Crippen LogP contribution is -2.26. The van der Waals surface area contributed by atoms with Crippen LogP contribution >= 0.6 is 11.6 Å². The molecule has 2 aromatic heterocycles. The fraction of sp³-hybridized carbons (Fsp3) is 0.421. The number of anilines is 1. The summed E-state index contributed by atoms with van der Waals surface area (Å²) in [5.74, 6) is 1.62. The Morgan fingerprint density at radius 2 is 2.15 bits per heavy atom. The van der Waals surface area contributed by atoms with E-state index < -0.39 is 0 Å². The second-order valence-corrected chi connectivity index (χ2v) is 6.80. The number of benzene rings is 1. The molecule has 0 aliphatic carbocycles. The highest BCUT2D eigenvalue weighted by Gasteiger charge is 2.10. The van der Waals surface area contributed by atoms with Crippen molar-refractivity contribution in [3.63, 3.8) is 0 Å². The van der Waals surface area contributed by atoms with Gasteiger partial charge in [-0.2, -0.15) is 0 Å². The highest BCUT2D eigenvalue weighted by molar-refractivity contribution is 6.31. The molecule has 26 heavy (non-hydrogen) atoms. The topological polar surface area (TPSA) is 67.1 Å². The van der Waals surface area contributed by atoms with Gasteiger partial charge in [0.25, 0.3) is 0 Å². The van der Waals surface area contributed by atoms with Crippen molar-refractivity contribution in [3.8, 4) is 0 Å². The molecular formula is C19H24ClN5O. The second-order valence-electron chi connectivity index (χ2n) is 6.37. The highest BCUT2D eigenvalue weighted by atomic mass is 35.5. The van der Waals surface area contributed by atoms with Gasteiger partial charge in [0.2, 0.25) is 5.89 Å². The van der Waals surface area contributed by atoms with Gasteiger partial charge in [-0.3, -0.25) is 4.90 Å². The predicted molar refractivity (Wildman–Crippen MR) is 104 cm³/mol. The Bertz CT molecular complexity index is 824. The van der Waals surface area contributed by atoms with E-state index in [0.29, 0.717) is 11.1 Å². The van der Waals surface area contributed by atoms with Crippen molar-refractivity contribution in [1.82, 2.24) is 19.9 Å². The standard InChI is InChI=1S/C19H24ClN5O/c1-3-25(12-18-21-8-10-26-18)9-4-5-14(2)24-19-16-7-6-15(20)11-17(16)22-13-23-19/h6-8,10-11,13-14H,3-5,9,12H2,1-2H3,(H,22,23,24). The molecular weight excluding hydrogens is 350 g/mol. The Labute approximate surface area is 158 Å². The predicted octanol–water partition coefficient (Wildman–Crippen LogP) is 4.37. The summed E-state index contributed by atoms with van der Waals surface area (Å²) in [5.41, 5.74) is 0.852. The van der Waals surface area contributed by atoms with Gasteiger partial charge in [-0.15, -0.1) is 0 Å². The number of nitrogens with zero attached hydrogens (tertiary/aromatic N) is 4. The summed E-state index contributed by atoms with van der Waals surface area (Å²) in [6, 6.07) is 5.99. The molecule has 0 bridgehead atoms. The van der Waals surface area contributed by atoms with E-state index in [4.69, 9.17) is 16.0 Å². The van der Waals surface area contributed by atoms with Crippen molar-refractivity contribution in [1.29, 1.82) is 0 Å². The van der Waals surface area contributed by atoms with Gasteiger partial charge >= 0.3 is 0 Å². The van der Waals surface area contributed by atoms with Gasteiger partial charge in [0.1, 0.15) is 18.4 Å². The lowest BCUT2D eigenvalue weighted by atomic mass is 10.1. The van der Waals surface area contributed by atoms with E-state index in [9.17, 15) is 0 Å². The molecule has 0 radical (unpaired) electrons. The summed E-state index contributed by atoms with van der Waals surface area (Å²) >= 11 is 6.04. The van der Waals surface area contributed by atoms with Crippen molar-refractivity contribution in [2.75, 3.05) is 18.4 Å². The molecule has 1 atom stereocenters. The van der Waals surface area contributed by atoms with Crippen LogP contribution in [-0.2, 0) is 6.54 Å². The highest BCUT2D eigenvalue weighted by Crippen LogP contribution is 2.23. The average molecular weight is 374 g/mol. The molecule has 0 saturated heterocycles. The van der Waals surface area contributed by atoms with Gasteiger partial charge in [0, 0.05) is 16.5 Å². The molecule has 3 aromatic rings. The fourth-order valence-electron chi connectivity index (χ4n) is 2.94. The molecule has 7 heteroatoms. The number of fused-ring (bicyclic) bond motifs is 1. The van der Waals surface area contributed by atoms with Gasteiger partial charge < -0.3 is 9.73 Å². The molecule has 0 aliphatic rings. The number of hydrogen-bond donors (Lipinski definition) is 1. The Kier molecular flexibility index (Phi) is 6.41. The quantitative estimate of drug-likeness (QED) is 0.600. The number of nitrogens with one attached hydrogen (secondary N) is 1. The monoisotopic (exact) mass is 373 g/mol. The molecule has 1 aromatic carbocycles. The summed E-state index contributed by atoms with van der Waals surface area (Å²) in [7, 11) is 0. The van der Waals surface area contributed by atoms with Crippen LogP contribution in [0.15, 0.2) is 41.4 Å². The molecule has 0 aliphatic heterocycles. The number of halogens is 1. The zero-order valence-corrected chi connectivity index (χ0v) is 15.9. The minimum Gasteiger partial charge on any atom is -0.448 e. The SMILES string of the molecule is CCN(CCCC(C)Nc1ncnc2cc(Cl)ccc12)Cc1ncco1. The lowest BCUT2D eigenvalue weighted by Gasteiger charge is -2.20. The Hall–Kier alpha value is -2.18. The Balaban J connectivity index is 1.52. The first kappa shape index (κ1) is 18.6. The lowest BCUT2D eigenvalue weighted by molar-refractivity contribution is 0.245. The number of hydrogen-bond acceptors (Lipinski definition) is 6. The summed E-state index contributed by atoms with van der Waals surface area (Å²) < 4.78 is 5.33. The second kappa shape index (κ2) is 8.96. The van der Waals surface area contributed by atoms with Crippen molar-refractivity contribution in [2.45, 2.75) is 39.3 Å². The van der Waals surface area contributed by atoms with Crippen LogP contribution in [0, 0.1) is 0 Å². The maximum absolute atomic E-state index is 6.04. The first-order valence-electron chi connectivity index (χ1n) is 8.93. The fourth-order valence-corrected chi connectivity index (χ4v) is 3.11. The third-order valence-corrected chi connectivity index (χ3v) is 4.62. The molecule has 1 N–H and O–H groups in total. The van der Waals surface area contributed by atoms with Crippen LogP contribution in [0.2, 0.25) is 5.02 Å². The molecule has 6 nitrogen and oxygen atoms in total. The van der Waals surface area contributed by atoms with Crippen molar-refractivity contribution in [3.05, 3.63) is 47.9 Å². The largest absolute Gasteiger partial charge is 0.448 e. The van der Waals surface area contributed by atoms with Gasteiger partial charge in [0.15, 0.2) is 0 Å². The Morgan fingerprint density at radius 1 is 1.27 bits per heavy atom. The number of aromatic nitrogens is 3. The van der Waals surface area contributed by atoms with E-state index in [1.165, 1.54) is 0 Å². The Morgan fingerprint density at radius 3 is 2.92 bits per heavy atom. The number of oxazole rings is 1. The molecule has 0 spiro atoms. The number of rotatable bonds is 9. The summed E-state index contributed by atoms with van der Waals surface area (Å²) in [6.07, 6.45) is 7.00. The minimum absolute atomic E-state index is 0.309. The third kappa shape index (κ3) is 4.93. The van der Waals surface area contributed by atoms with Gasteiger partial charge in [-0.1, -0.05) is 18.5 Å². The van der Waals surface area contributed by atoms with Crippen LogP contribution in [-0.4, -0.2) is 39.0 Å². The van der Waals surface area contributed by atoms with Crippen LogP contribution in [0.5, 0.6) is 0 Å². The summed E-state index contributed by atoms with van der Waals surface area (Å²) in [5, 5.41) is 5.17. The molecule has 0 fully saturated rings. The summed E-state index contributed by atoms with van der Waals surface area (Å²) in [4.78, 5) is 15.2. The molecule has 138 valence electrons. The smallest absolute Gasteiger partial charge is 0.208 e. The van der Waals surface area contributed by atoms with E-state index in [1.54, 1.807) is 18.8 Å². The van der Waals surface area contributed by atoms with Crippen LogP contribution in [0.25, 0.3) is 10.9 Å². The van der Waals surface area contributed by atoms with Crippen LogP contribution in [0.4, 0.5) is 5.82 Å². The third-order valence-electron chi connectivity index (χ3n) is 4.38. The zero-order chi connectivity index (χ0) is 18.4. The summed E-state index contributed by atoms with van der Waals surface area (Å²) in [6.45, 7) is 7.06. The molecule has 0 saturated carbocycles. The molecule has 2 heterocycles. The first-order chi connectivity index (χ1) is 12.7. The van der Waals surface area contributed by atoms with Crippen LogP contribution in [0.1, 0.15) is 32.6 Å². The van der Waals surface area contributed by atoms with E-state index in [2.05, 4.69) is 39.0 Å². The average Bonchev–Trinajstić information content (AvgIpc) is 3.14. The van der Waals surface area contributed by atoms with E-state index in [1.807, 2.05) is 18.2 Å². The maximum Gasteiger partial charge on any atom is 0.208 e. The molecule has 0 amide bonds. The normalized spacial score (nSPS) is 12.6. The van der Waals surface area contributed by atoms with Gasteiger partial charge in [-0.25, -0.2) is 15.0 Å². The minimum atomic E-state index is 0.309. The molecule has 1 unspecified atom stereocenters. The van der Waals surface area contributed by atoms with Gasteiger partial charge in [-0.05, 0) is 51.1 Å². The maximum atomic E-state index is 6.04. The van der Waals surface area contributed by atoms with Crippen molar-refractivity contribution < 1.29 is 4.42 Å². The van der Waals surface area contributed by atoms with E-state index in [-0.39, 0.29) is 0 Å². The van der Waals surface area contributed by atoms with E-state index >= 15 is 0 Å². The molecule has 3 rings (SSSR count). The van der Waals surface area contributed by atoms with E-state index in [0.717, 1.165) is 55.1 Å². The van der Waals surface area contributed by atoms with Crippen LogP contribution in [0.3, 0.4) is 0 Å².